The van der Waals surface area contributed by atoms with Gasteiger partial charge < -0.3 is 15.3 Å². The van der Waals surface area contributed by atoms with E-state index in [0.29, 0.717) is 23.4 Å². The monoisotopic (exact) mass is 256 g/mol. The molecule has 108 valence electrons. The first-order valence-electron chi connectivity index (χ1n) is 7.16. The number of aliphatic hydroxyl groups excluding tert-OH is 1. The van der Waals surface area contributed by atoms with E-state index in [2.05, 4.69) is 33.0 Å². The van der Waals surface area contributed by atoms with Gasteiger partial charge in [0.25, 0.3) is 0 Å². The lowest BCUT2D eigenvalue weighted by molar-refractivity contribution is 0.0720. The minimum atomic E-state index is -0.270. The molecule has 0 aromatic heterocycles. The SMILES string of the molecule is CN(C)CC(O)CNC1CC(C)(C)CC(C)(C)C1. The van der Waals surface area contributed by atoms with Crippen LogP contribution in [0.2, 0.25) is 0 Å². The van der Waals surface area contributed by atoms with Gasteiger partial charge in [-0.3, -0.25) is 0 Å². The number of hydrogen-bond donors (Lipinski definition) is 2. The first-order valence-corrected chi connectivity index (χ1v) is 7.16. The molecule has 0 aliphatic heterocycles. The highest BCUT2D eigenvalue weighted by molar-refractivity contribution is 4.92. The fourth-order valence-electron chi connectivity index (χ4n) is 3.78. The molecule has 18 heavy (non-hydrogen) atoms. The van der Waals surface area contributed by atoms with Crippen LogP contribution < -0.4 is 5.32 Å². The van der Waals surface area contributed by atoms with E-state index in [9.17, 15) is 5.11 Å². The normalized spacial score (nSPS) is 25.3. The summed E-state index contributed by atoms with van der Waals surface area (Å²) in [4.78, 5) is 2.03. The van der Waals surface area contributed by atoms with Crippen molar-refractivity contribution in [3.63, 3.8) is 0 Å². The lowest BCUT2D eigenvalue weighted by Crippen LogP contribution is -2.47. The van der Waals surface area contributed by atoms with Crippen LogP contribution in [0, 0.1) is 10.8 Å². The Labute approximate surface area is 113 Å². The lowest BCUT2D eigenvalue weighted by Gasteiger charge is -2.45. The van der Waals surface area contributed by atoms with Crippen molar-refractivity contribution in [2.75, 3.05) is 27.2 Å². The van der Waals surface area contributed by atoms with Crippen LogP contribution in [0.15, 0.2) is 0 Å². The van der Waals surface area contributed by atoms with Crippen LogP contribution >= 0.6 is 0 Å². The van der Waals surface area contributed by atoms with Gasteiger partial charge in [0.2, 0.25) is 0 Å². The Balaban J connectivity index is 2.42. The minimum absolute atomic E-state index is 0.270. The lowest BCUT2D eigenvalue weighted by atomic mass is 9.63. The minimum Gasteiger partial charge on any atom is -0.390 e. The summed E-state index contributed by atoms with van der Waals surface area (Å²) in [6.45, 7) is 10.9. The molecule has 0 spiro atoms. The molecule has 0 aromatic carbocycles. The van der Waals surface area contributed by atoms with Crippen LogP contribution in [0.4, 0.5) is 0 Å². The molecule has 1 saturated carbocycles. The van der Waals surface area contributed by atoms with Crippen molar-refractivity contribution < 1.29 is 5.11 Å². The van der Waals surface area contributed by atoms with E-state index >= 15 is 0 Å². The van der Waals surface area contributed by atoms with Crippen LogP contribution in [-0.2, 0) is 0 Å². The van der Waals surface area contributed by atoms with Crippen molar-refractivity contribution in [3.8, 4) is 0 Å². The zero-order valence-corrected chi connectivity index (χ0v) is 13.1. The number of aliphatic hydroxyl groups is 1. The molecule has 0 heterocycles. The zero-order chi connectivity index (χ0) is 14.0. The summed E-state index contributed by atoms with van der Waals surface area (Å²) >= 11 is 0. The van der Waals surface area contributed by atoms with Gasteiger partial charge in [0, 0.05) is 19.1 Å². The van der Waals surface area contributed by atoms with Gasteiger partial charge in [0.15, 0.2) is 0 Å². The second-order valence-electron chi connectivity index (χ2n) is 7.93. The van der Waals surface area contributed by atoms with Crippen molar-refractivity contribution in [1.29, 1.82) is 0 Å². The van der Waals surface area contributed by atoms with Crippen molar-refractivity contribution in [1.82, 2.24) is 10.2 Å². The summed E-state index contributed by atoms with van der Waals surface area (Å²) in [5.74, 6) is 0. The van der Waals surface area contributed by atoms with Gasteiger partial charge in [0.1, 0.15) is 0 Å². The largest absolute Gasteiger partial charge is 0.390 e. The maximum Gasteiger partial charge on any atom is 0.0791 e. The van der Waals surface area contributed by atoms with Crippen LogP contribution in [-0.4, -0.2) is 49.3 Å². The van der Waals surface area contributed by atoms with Crippen molar-refractivity contribution >= 4 is 0 Å². The predicted molar refractivity (Wildman–Crippen MR) is 77.8 cm³/mol. The molecular weight excluding hydrogens is 224 g/mol. The molecule has 1 fully saturated rings. The Morgan fingerprint density at radius 2 is 1.67 bits per heavy atom. The van der Waals surface area contributed by atoms with Crippen LogP contribution in [0.1, 0.15) is 47.0 Å². The molecule has 1 aliphatic carbocycles. The van der Waals surface area contributed by atoms with Gasteiger partial charge in [-0.15, -0.1) is 0 Å². The molecule has 1 aliphatic rings. The number of nitrogens with zero attached hydrogens (tertiary/aromatic N) is 1. The number of hydrogen-bond acceptors (Lipinski definition) is 3. The van der Waals surface area contributed by atoms with E-state index in [4.69, 9.17) is 0 Å². The molecule has 1 rings (SSSR count). The smallest absolute Gasteiger partial charge is 0.0791 e. The second kappa shape index (κ2) is 5.89. The molecule has 1 atom stereocenters. The van der Waals surface area contributed by atoms with Crippen molar-refractivity contribution in [2.24, 2.45) is 10.8 Å². The number of likely N-dealkylation sites (N-methyl/N-ethyl adjacent to an activating group) is 1. The highest BCUT2D eigenvalue weighted by atomic mass is 16.3. The van der Waals surface area contributed by atoms with E-state index in [1.165, 1.54) is 19.3 Å². The van der Waals surface area contributed by atoms with Crippen LogP contribution in [0.5, 0.6) is 0 Å². The van der Waals surface area contributed by atoms with E-state index in [0.717, 1.165) is 6.54 Å². The maximum atomic E-state index is 9.91. The summed E-state index contributed by atoms with van der Waals surface area (Å²) in [5.41, 5.74) is 0.817. The fraction of sp³-hybridized carbons (Fsp3) is 1.00. The molecule has 0 bridgehead atoms. The van der Waals surface area contributed by atoms with Crippen LogP contribution in [0.3, 0.4) is 0 Å². The Morgan fingerprint density at radius 1 is 1.17 bits per heavy atom. The molecule has 3 heteroatoms. The summed E-state index contributed by atoms with van der Waals surface area (Å²) in [6.07, 6.45) is 3.45. The van der Waals surface area contributed by atoms with E-state index in [-0.39, 0.29) is 6.10 Å². The third-order valence-electron chi connectivity index (χ3n) is 3.77. The standard InChI is InChI=1S/C15H32N2O/c1-14(2)7-12(8-15(3,4)11-14)16-9-13(18)10-17(5)6/h12-13,16,18H,7-11H2,1-6H3. The van der Waals surface area contributed by atoms with Gasteiger partial charge >= 0.3 is 0 Å². The van der Waals surface area contributed by atoms with Gasteiger partial charge in [-0.05, 0) is 44.2 Å². The molecule has 1 unspecified atom stereocenters. The fourth-order valence-corrected chi connectivity index (χ4v) is 3.78. The van der Waals surface area contributed by atoms with Gasteiger partial charge in [0.05, 0.1) is 6.10 Å². The number of rotatable bonds is 5. The Bertz CT molecular complexity index is 245. The Kier molecular flexibility index (Phi) is 5.22. The first kappa shape index (κ1) is 15.9. The van der Waals surface area contributed by atoms with Gasteiger partial charge in [-0.2, -0.15) is 0 Å². The quantitative estimate of drug-likeness (QED) is 0.791. The Hall–Kier alpha value is -0.120. The van der Waals surface area contributed by atoms with E-state index in [1.807, 2.05) is 19.0 Å². The van der Waals surface area contributed by atoms with Crippen LogP contribution in [0.25, 0.3) is 0 Å². The average Bonchev–Trinajstić information content (AvgIpc) is 2.08. The molecule has 0 aromatic rings. The average molecular weight is 256 g/mol. The summed E-state index contributed by atoms with van der Waals surface area (Å²) in [6, 6.07) is 0.542. The zero-order valence-electron chi connectivity index (χ0n) is 13.1. The molecular formula is C15H32N2O. The van der Waals surface area contributed by atoms with E-state index < -0.39 is 0 Å². The second-order valence-corrected chi connectivity index (χ2v) is 7.93. The molecule has 2 N–H and O–H groups in total. The first-order chi connectivity index (χ1) is 8.10. The predicted octanol–water partition coefficient (Wildman–Crippen LogP) is 2.10. The van der Waals surface area contributed by atoms with Gasteiger partial charge in [-0.1, -0.05) is 27.7 Å². The highest BCUT2D eigenvalue weighted by Gasteiger charge is 2.38. The maximum absolute atomic E-state index is 9.91. The third-order valence-corrected chi connectivity index (χ3v) is 3.77. The molecule has 0 radical (unpaired) electrons. The van der Waals surface area contributed by atoms with Crippen molar-refractivity contribution in [3.05, 3.63) is 0 Å². The number of nitrogens with one attached hydrogen (secondary N) is 1. The Morgan fingerprint density at radius 3 is 2.11 bits per heavy atom. The molecule has 0 saturated heterocycles. The van der Waals surface area contributed by atoms with E-state index in [1.54, 1.807) is 0 Å². The van der Waals surface area contributed by atoms with Gasteiger partial charge in [-0.25, -0.2) is 0 Å². The molecule has 3 nitrogen and oxygen atoms in total. The van der Waals surface area contributed by atoms with Crippen molar-refractivity contribution in [2.45, 2.75) is 59.1 Å². The summed E-state index contributed by atoms with van der Waals surface area (Å²) in [7, 11) is 3.99. The highest BCUT2D eigenvalue weighted by Crippen LogP contribution is 2.45. The third kappa shape index (κ3) is 5.68. The summed E-state index contributed by atoms with van der Waals surface area (Å²) < 4.78 is 0. The topological polar surface area (TPSA) is 35.5 Å². The molecule has 0 amide bonds. The summed E-state index contributed by atoms with van der Waals surface area (Å²) in [5, 5.41) is 13.5.